The fraction of sp³-hybridized carbons (Fsp3) is 0.643. The molecule has 0 fully saturated rings. The number of carboxylic acids is 1. The fourth-order valence-electron chi connectivity index (χ4n) is 2.18. The lowest BCUT2D eigenvalue weighted by Crippen LogP contribution is -2.33. The van der Waals surface area contributed by atoms with Gasteiger partial charge in [0.15, 0.2) is 0 Å². The maximum absolute atomic E-state index is 11.8. The third kappa shape index (κ3) is 4.68. The Labute approximate surface area is 119 Å². The molecule has 1 heterocycles. The van der Waals surface area contributed by atoms with Gasteiger partial charge in [0.05, 0.1) is 5.69 Å². The zero-order valence-corrected chi connectivity index (χ0v) is 12.6. The zero-order valence-electron chi connectivity index (χ0n) is 12.6. The normalized spacial score (nSPS) is 12.2. The van der Waals surface area contributed by atoms with Crippen LogP contribution < -0.4 is 5.32 Å². The summed E-state index contributed by atoms with van der Waals surface area (Å²) in [6.07, 6.45) is 1.57. The molecule has 20 heavy (non-hydrogen) atoms. The number of nitrogens with zero attached hydrogens (tertiary/aromatic N) is 2. The van der Waals surface area contributed by atoms with Crippen LogP contribution in [0, 0.1) is 13.8 Å². The standard InChI is InChI=1S/C14H23N3O3/c1-9(5-8-14(19)20)15-13(18)7-6-12-10(2)16-17(4)11(12)3/h9H,5-8H2,1-4H3,(H,15,18)(H,19,20). The summed E-state index contributed by atoms with van der Waals surface area (Å²) in [5.41, 5.74) is 3.15. The smallest absolute Gasteiger partial charge is 0.303 e. The molecule has 1 atom stereocenters. The Bertz CT molecular complexity index is 494. The first-order valence-electron chi connectivity index (χ1n) is 6.81. The van der Waals surface area contributed by atoms with Crippen molar-refractivity contribution in [3.63, 3.8) is 0 Å². The van der Waals surface area contributed by atoms with Gasteiger partial charge >= 0.3 is 5.97 Å². The van der Waals surface area contributed by atoms with Crippen molar-refractivity contribution in [2.75, 3.05) is 0 Å². The molecule has 1 unspecified atom stereocenters. The number of aromatic nitrogens is 2. The monoisotopic (exact) mass is 281 g/mol. The first kappa shape index (κ1) is 16.2. The van der Waals surface area contributed by atoms with Crippen LogP contribution >= 0.6 is 0 Å². The third-order valence-electron chi connectivity index (χ3n) is 3.46. The number of aliphatic carboxylic acids is 1. The molecule has 1 rings (SSSR count). The van der Waals surface area contributed by atoms with Gasteiger partial charge in [0.25, 0.3) is 0 Å². The van der Waals surface area contributed by atoms with Gasteiger partial charge in [0.1, 0.15) is 0 Å². The average Bonchev–Trinajstić information content (AvgIpc) is 2.59. The predicted octanol–water partition coefficient (Wildman–Crippen LogP) is 1.34. The fourth-order valence-corrected chi connectivity index (χ4v) is 2.18. The number of carboxylic acid groups (broad SMARTS) is 1. The Morgan fingerprint density at radius 2 is 2.00 bits per heavy atom. The Morgan fingerprint density at radius 3 is 2.50 bits per heavy atom. The van der Waals surface area contributed by atoms with Crippen molar-refractivity contribution >= 4 is 11.9 Å². The summed E-state index contributed by atoms with van der Waals surface area (Å²) < 4.78 is 1.82. The van der Waals surface area contributed by atoms with Gasteiger partial charge in [-0.05, 0) is 39.2 Å². The number of nitrogens with one attached hydrogen (secondary N) is 1. The summed E-state index contributed by atoms with van der Waals surface area (Å²) >= 11 is 0. The molecule has 0 radical (unpaired) electrons. The number of hydrogen-bond acceptors (Lipinski definition) is 3. The van der Waals surface area contributed by atoms with E-state index in [0.29, 0.717) is 19.3 Å². The van der Waals surface area contributed by atoms with E-state index in [2.05, 4.69) is 10.4 Å². The molecule has 0 aliphatic carbocycles. The number of carbonyl (C=O) groups is 2. The summed E-state index contributed by atoms with van der Waals surface area (Å²) in [6.45, 7) is 5.75. The molecule has 0 bridgehead atoms. The van der Waals surface area contributed by atoms with Gasteiger partial charge in [-0.25, -0.2) is 0 Å². The highest BCUT2D eigenvalue weighted by atomic mass is 16.4. The summed E-state index contributed by atoms with van der Waals surface area (Å²) in [5, 5.41) is 15.7. The topological polar surface area (TPSA) is 84.2 Å². The highest BCUT2D eigenvalue weighted by Crippen LogP contribution is 2.14. The van der Waals surface area contributed by atoms with E-state index < -0.39 is 5.97 Å². The molecule has 1 amide bonds. The second-order valence-electron chi connectivity index (χ2n) is 5.17. The quantitative estimate of drug-likeness (QED) is 0.790. The van der Waals surface area contributed by atoms with Gasteiger partial charge in [0.2, 0.25) is 5.91 Å². The van der Waals surface area contributed by atoms with Crippen molar-refractivity contribution < 1.29 is 14.7 Å². The number of rotatable bonds is 7. The lowest BCUT2D eigenvalue weighted by molar-refractivity contribution is -0.137. The molecular weight excluding hydrogens is 258 g/mol. The van der Waals surface area contributed by atoms with E-state index in [0.717, 1.165) is 17.0 Å². The molecule has 6 heteroatoms. The van der Waals surface area contributed by atoms with Crippen molar-refractivity contribution in [1.29, 1.82) is 0 Å². The Balaban J connectivity index is 2.41. The summed E-state index contributed by atoms with van der Waals surface area (Å²) in [5.74, 6) is -0.891. The van der Waals surface area contributed by atoms with Crippen LogP contribution in [0.3, 0.4) is 0 Å². The molecule has 0 aliphatic rings. The van der Waals surface area contributed by atoms with E-state index in [9.17, 15) is 9.59 Å². The minimum atomic E-state index is -0.840. The van der Waals surface area contributed by atoms with Crippen LogP contribution in [0.25, 0.3) is 0 Å². The molecule has 6 nitrogen and oxygen atoms in total. The molecule has 0 saturated heterocycles. The number of aryl methyl sites for hydroxylation is 2. The number of hydrogen-bond donors (Lipinski definition) is 2. The van der Waals surface area contributed by atoms with Gasteiger partial charge in [-0.1, -0.05) is 0 Å². The summed E-state index contributed by atoms with van der Waals surface area (Å²) in [7, 11) is 1.89. The van der Waals surface area contributed by atoms with Gasteiger partial charge in [-0.3, -0.25) is 14.3 Å². The average molecular weight is 281 g/mol. The Morgan fingerprint density at radius 1 is 1.35 bits per heavy atom. The molecular formula is C14H23N3O3. The Hall–Kier alpha value is -1.85. The van der Waals surface area contributed by atoms with Gasteiger partial charge < -0.3 is 10.4 Å². The van der Waals surface area contributed by atoms with Gasteiger partial charge in [-0.2, -0.15) is 5.10 Å². The summed E-state index contributed by atoms with van der Waals surface area (Å²) in [4.78, 5) is 22.3. The predicted molar refractivity (Wildman–Crippen MR) is 75.5 cm³/mol. The molecule has 0 aliphatic heterocycles. The van der Waals surface area contributed by atoms with Crippen molar-refractivity contribution in [2.45, 2.75) is 52.5 Å². The van der Waals surface area contributed by atoms with Gasteiger partial charge in [0, 0.05) is 31.6 Å². The highest BCUT2D eigenvalue weighted by molar-refractivity contribution is 5.76. The van der Waals surface area contributed by atoms with Crippen LogP contribution in [0.5, 0.6) is 0 Å². The molecule has 2 N–H and O–H groups in total. The van der Waals surface area contributed by atoms with E-state index in [4.69, 9.17) is 5.11 Å². The van der Waals surface area contributed by atoms with Crippen molar-refractivity contribution in [3.05, 3.63) is 17.0 Å². The molecule has 0 aromatic carbocycles. The highest BCUT2D eigenvalue weighted by Gasteiger charge is 2.13. The van der Waals surface area contributed by atoms with Crippen molar-refractivity contribution in [1.82, 2.24) is 15.1 Å². The second-order valence-corrected chi connectivity index (χ2v) is 5.17. The van der Waals surface area contributed by atoms with Crippen LogP contribution in [-0.4, -0.2) is 32.8 Å². The first-order valence-corrected chi connectivity index (χ1v) is 6.81. The van der Waals surface area contributed by atoms with E-state index in [1.807, 2.05) is 32.5 Å². The SMILES string of the molecule is Cc1nn(C)c(C)c1CCC(=O)NC(C)CCC(=O)O. The number of carbonyl (C=O) groups excluding carboxylic acids is 1. The maximum Gasteiger partial charge on any atom is 0.303 e. The van der Waals surface area contributed by atoms with Crippen LogP contribution in [0.1, 0.15) is 43.1 Å². The molecule has 1 aromatic rings. The zero-order chi connectivity index (χ0) is 15.3. The minimum Gasteiger partial charge on any atom is -0.481 e. The lowest BCUT2D eigenvalue weighted by atomic mass is 10.1. The van der Waals surface area contributed by atoms with E-state index in [1.54, 1.807) is 0 Å². The van der Waals surface area contributed by atoms with Gasteiger partial charge in [-0.15, -0.1) is 0 Å². The van der Waals surface area contributed by atoms with E-state index in [-0.39, 0.29) is 18.4 Å². The largest absolute Gasteiger partial charge is 0.481 e. The lowest BCUT2D eigenvalue weighted by Gasteiger charge is -2.12. The molecule has 0 spiro atoms. The van der Waals surface area contributed by atoms with Crippen molar-refractivity contribution in [3.8, 4) is 0 Å². The van der Waals surface area contributed by atoms with E-state index >= 15 is 0 Å². The van der Waals surface area contributed by atoms with Crippen LogP contribution in [0.15, 0.2) is 0 Å². The number of amides is 1. The van der Waals surface area contributed by atoms with Crippen LogP contribution in [0.4, 0.5) is 0 Å². The van der Waals surface area contributed by atoms with Crippen molar-refractivity contribution in [2.24, 2.45) is 7.05 Å². The molecule has 1 aromatic heterocycles. The Kier molecular flexibility index (Phi) is 5.73. The first-order chi connectivity index (χ1) is 9.31. The minimum absolute atomic E-state index is 0.0504. The molecule has 112 valence electrons. The van der Waals surface area contributed by atoms with Crippen LogP contribution in [-0.2, 0) is 23.1 Å². The third-order valence-corrected chi connectivity index (χ3v) is 3.46. The maximum atomic E-state index is 11.8. The molecule has 0 saturated carbocycles. The van der Waals surface area contributed by atoms with E-state index in [1.165, 1.54) is 0 Å². The summed E-state index contributed by atoms with van der Waals surface area (Å²) in [6, 6.07) is -0.116. The van der Waals surface area contributed by atoms with Crippen LogP contribution in [0.2, 0.25) is 0 Å². The second kappa shape index (κ2) is 7.07.